The highest BCUT2D eigenvalue weighted by Crippen LogP contribution is 2.22. The smallest absolute Gasteiger partial charge is 0.276 e. The fourth-order valence-corrected chi connectivity index (χ4v) is 3.37. The van der Waals surface area contributed by atoms with Crippen LogP contribution in [0.2, 0.25) is 0 Å². The summed E-state index contributed by atoms with van der Waals surface area (Å²) in [6, 6.07) is 4.62. The number of amides is 1. The van der Waals surface area contributed by atoms with Crippen LogP contribution in [0.1, 0.15) is 34.6 Å². The van der Waals surface area contributed by atoms with Crippen LogP contribution >= 0.6 is 12.4 Å². The van der Waals surface area contributed by atoms with E-state index in [9.17, 15) is 9.18 Å². The zero-order valence-corrected chi connectivity index (χ0v) is 15.6. The summed E-state index contributed by atoms with van der Waals surface area (Å²) in [7, 11) is 0. The van der Waals surface area contributed by atoms with Crippen LogP contribution in [0.5, 0.6) is 0 Å². The molecule has 1 amide bonds. The third-order valence-corrected chi connectivity index (χ3v) is 4.79. The van der Waals surface area contributed by atoms with Crippen LogP contribution in [0, 0.1) is 5.82 Å². The molecule has 146 valence electrons. The second-order valence-electron chi connectivity index (χ2n) is 6.62. The molecule has 1 atom stereocenters. The Morgan fingerprint density at radius 2 is 2.30 bits per heavy atom. The minimum Gasteiger partial charge on any atom is -0.380 e. The van der Waals surface area contributed by atoms with Crippen molar-refractivity contribution in [3.63, 3.8) is 0 Å². The molecular formula is C18H23ClFN5O2. The molecule has 7 nitrogen and oxygen atoms in total. The number of hydrogen-bond donors (Lipinski definition) is 4. The fourth-order valence-electron chi connectivity index (χ4n) is 3.37. The van der Waals surface area contributed by atoms with E-state index in [1.807, 2.05) is 0 Å². The lowest BCUT2D eigenvalue weighted by molar-refractivity contribution is 0.102. The molecule has 1 fully saturated rings. The molecule has 2 aliphatic heterocycles. The van der Waals surface area contributed by atoms with E-state index < -0.39 is 5.82 Å². The van der Waals surface area contributed by atoms with Gasteiger partial charge in [-0.15, -0.1) is 12.4 Å². The lowest BCUT2D eigenvalue weighted by Crippen LogP contribution is -2.25. The van der Waals surface area contributed by atoms with E-state index in [1.165, 1.54) is 6.07 Å². The predicted molar refractivity (Wildman–Crippen MR) is 103 cm³/mol. The van der Waals surface area contributed by atoms with Crippen LogP contribution in [0.4, 0.5) is 15.8 Å². The molecule has 4 N–H and O–H groups in total. The number of carbonyl (C=O) groups is 1. The topological polar surface area (TPSA) is 91.1 Å². The molecule has 1 aromatic carbocycles. The van der Waals surface area contributed by atoms with Crippen molar-refractivity contribution in [3.05, 3.63) is 41.0 Å². The first-order valence-electron chi connectivity index (χ1n) is 8.94. The number of nitrogens with one attached hydrogen (secondary N) is 4. The average molecular weight is 396 g/mol. The summed E-state index contributed by atoms with van der Waals surface area (Å²) >= 11 is 0. The summed E-state index contributed by atoms with van der Waals surface area (Å²) in [5, 5.41) is 16.0. The van der Waals surface area contributed by atoms with Gasteiger partial charge in [-0.3, -0.25) is 9.89 Å². The molecule has 1 aromatic heterocycles. The zero-order chi connectivity index (χ0) is 17.9. The van der Waals surface area contributed by atoms with Gasteiger partial charge in [0.05, 0.1) is 11.8 Å². The van der Waals surface area contributed by atoms with Crippen molar-refractivity contribution < 1.29 is 13.9 Å². The molecule has 0 bridgehead atoms. The molecule has 9 heteroatoms. The Balaban J connectivity index is 0.00000210. The Morgan fingerprint density at radius 3 is 3.07 bits per heavy atom. The molecule has 3 heterocycles. The Hall–Kier alpha value is -2.16. The van der Waals surface area contributed by atoms with Gasteiger partial charge in [0.25, 0.3) is 5.91 Å². The number of aromatic nitrogens is 2. The van der Waals surface area contributed by atoms with Gasteiger partial charge in [-0.25, -0.2) is 4.39 Å². The van der Waals surface area contributed by atoms with Crippen LogP contribution in [0.3, 0.4) is 0 Å². The lowest BCUT2D eigenvalue weighted by atomic mass is 10.1. The molecule has 0 saturated carbocycles. The molecule has 0 spiro atoms. The first-order valence-corrected chi connectivity index (χ1v) is 8.94. The summed E-state index contributed by atoms with van der Waals surface area (Å²) in [6.45, 7) is 2.82. The van der Waals surface area contributed by atoms with Gasteiger partial charge in [-0.05, 0) is 31.0 Å². The number of hydrogen-bond acceptors (Lipinski definition) is 5. The molecule has 1 unspecified atom stereocenters. The Kier molecular flexibility index (Phi) is 6.30. The summed E-state index contributed by atoms with van der Waals surface area (Å²) < 4.78 is 19.8. The molecule has 27 heavy (non-hydrogen) atoms. The number of carbonyl (C=O) groups excluding carboxylic acids is 1. The van der Waals surface area contributed by atoms with Gasteiger partial charge in [0.1, 0.15) is 5.82 Å². The second kappa shape index (κ2) is 8.69. The third kappa shape index (κ3) is 4.40. The molecule has 2 aliphatic rings. The molecule has 4 rings (SSSR count). The van der Waals surface area contributed by atoms with Crippen molar-refractivity contribution in [2.75, 3.05) is 30.3 Å². The number of halogens is 2. The maximum atomic E-state index is 14.3. The number of fused-ring (bicyclic) bond motifs is 1. The molecule has 0 radical (unpaired) electrons. The van der Waals surface area contributed by atoms with Crippen molar-refractivity contribution in [2.24, 2.45) is 0 Å². The number of ether oxygens (including phenoxy) is 1. The first-order chi connectivity index (χ1) is 12.7. The highest BCUT2D eigenvalue weighted by atomic mass is 35.5. The molecule has 1 saturated heterocycles. The highest BCUT2D eigenvalue weighted by Gasteiger charge is 2.22. The summed E-state index contributed by atoms with van der Waals surface area (Å²) in [4.78, 5) is 12.5. The number of rotatable bonds is 5. The van der Waals surface area contributed by atoms with Gasteiger partial charge in [-0.1, -0.05) is 0 Å². The van der Waals surface area contributed by atoms with Crippen molar-refractivity contribution >= 4 is 29.7 Å². The van der Waals surface area contributed by atoms with E-state index in [2.05, 4.69) is 26.1 Å². The molecular weight excluding hydrogens is 373 g/mol. The Bertz CT molecular complexity index is 807. The van der Waals surface area contributed by atoms with Crippen molar-refractivity contribution in [3.8, 4) is 0 Å². The van der Waals surface area contributed by atoms with Crippen LogP contribution < -0.4 is 16.0 Å². The van der Waals surface area contributed by atoms with E-state index in [4.69, 9.17) is 4.74 Å². The largest absolute Gasteiger partial charge is 0.380 e. The number of aromatic amines is 1. The van der Waals surface area contributed by atoms with Crippen LogP contribution in [-0.2, 0) is 17.7 Å². The second-order valence-corrected chi connectivity index (χ2v) is 6.62. The highest BCUT2D eigenvalue weighted by molar-refractivity contribution is 6.04. The van der Waals surface area contributed by atoms with E-state index in [0.717, 1.165) is 43.7 Å². The standard InChI is InChI=1S/C18H22FN5O2.ClH/c19-14-8-11(3-4-16(14)21-9-12-2-1-7-26-12)22-18(25)17-13-10-20-6-5-15(13)23-24-17;/h3-4,8,12,20-21H,1-2,5-7,9-10H2,(H,22,25)(H,23,24);1H. The van der Waals surface area contributed by atoms with E-state index in [1.54, 1.807) is 12.1 Å². The normalized spacial score (nSPS) is 18.5. The van der Waals surface area contributed by atoms with Crippen LogP contribution in [0.15, 0.2) is 18.2 Å². The summed E-state index contributed by atoms with van der Waals surface area (Å²) in [5.74, 6) is -0.753. The summed E-state index contributed by atoms with van der Waals surface area (Å²) in [6.07, 6.45) is 2.99. The number of nitrogens with zero attached hydrogens (tertiary/aromatic N) is 1. The third-order valence-electron chi connectivity index (χ3n) is 4.79. The monoisotopic (exact) mass is 395 g/mol. The predicted octanol–water partition coefficient (Wildman–Crippen LogP) is 2.46. The van der Waals surface area contributed by atoms with Gasteiger partial charge >= 0.3 is 0 Å². The average Bonchev–Trinajstić information content (AvgIpc) is 3.30. The van der Waals surface area contributed by atoms with E-state index in [-0.39, 0.29) is 24.4 Å². The van der Waals surface area contributed by atoms with Gasteiger partial charge < -0.3 is 20.7 Å². The van der Waals surface area contributed by atoms with Gasteiger partial charge in [0.2, 0.25) is 0 Å². The maximum Gasteiger partial charge on any atom is 0.276 e. The zero-order valence-electron chi connectivity index (χ0n) is 14.8. The minimum atomic E-state index is -0.411. The van der Waals surface area contributed by atoms with E-state index >= 15 is 0 Å². The number of H-pyrrole nitrogens is 1. The van der Waals surface area contributed by atoms with Crippen LogP contribution in [0.25, 0.3) is 0 Å². The maximum absolute atomic E-state index is 14.3. The van der Waals surface area contributed by atoms with E-state index in [0.29, 0.717) is 30.2 Å². The van der Waals surface area contributed by atoms with Gasteiger partial charge in [0.15, 0.2) is 5.69 Å². The lowest BCUT2D eigenvalue weighted by Gasteiger charge is -2.14. The number of anilines is 2. The molecule has 0 aliphatic carbocycles. The molecule has 2 aromatic rings. The van der Waals surface area contributed by atoms with Crippen molar-refractivity contribution in [1.29, 1.82) is 0 Å². The van der Waals surface area contributed by atoms with Crippen molar-refractivity contribution in [1.82, 2.24) is 15.5 Å². The SMILES string of the molecule is Cl.O=C(Nc1ccc(NCC2CCCO2)c(F)c1)c1n[nH]c2c1CNCC2. The minimum absolute atomic E-state index is 0. The van der Waals surface area contributed by atoms with Crippen LogP contribution in [-0.4, -0.2) is 41.9 Å². The fraction of sp³-hybridized carbons (Fsp3) is 0.444. The quantitative estimate of drug-likeness (QED) is 0.624. The Labute approximate surface area is 162 Å². The number of benzene rings is 1. The Morgan fingerprint density at radius 1 is 1.41 bits per heavy atom. The van der Waals surface area contributed by atoms with Gasteiger partial charge in [0, 0.05) is 49.6 Å². The summed E-state index contributed by atoms with van der Waals surface area (Å²) in [5.41, 5.74) is 3.02. The first kappa shape index (κ1) is 19.6. The van der Waals surface area contributed by atoms with Crippen molar-refractivity contribution in [2.45, 2.75) is 31.9 Å². The van der Waals surface area contributed by atoms with Gasteiger partial charge in [-0.2, -0.15) is 5.10 Å².